The van der Waals surface area contributed by atoms with Gasteiger partial charge in [-0.25, -0.2) is 8.42 Å². The molecule has 2 aromatic carbocycles. The summed E-state index contributed by atoms with van der Waals surface area (Å²) in [6, 6.07) is 11.4. The molecule has 1 saturated heterocycles. The zero-order valence-electron chi connectivity index (χ0n) is 15.3. The molecule has 28 heavy (non-hydrogen) atoms. The van der Waals surface area contributed by atoms with Crippen LogP contribution in [0.15, 0.2) is 47.4 Å². The number of carbonyl (C=O) groups excluding carboxylic acids is 1. The standard InChI is InChI=1S/C19H20N4O3S2/c1-13-3-2-10-23(12-13)28(25,26)16-7-5-15(6-8-16)20-19(24)14-4-9-17-18(11-14)22-27-21-17/h4-9,11,13H,2-3,10,12H2,1H3,(H,20,24)/t13-/m1/s1. The third kappa shape index (κ3) is 3.78. The first-order chi connectivity index (χ1) is 13.4. The molecule has 1 N–H and O–H groups in total. The molecule has 0 spiro atoms. The third-order valence-corrected chi connectivity index (χ3v) is 7.32. The molecular weight excluding hydrogens is 396 g/mol. The van der Waals surface area contributed by atoms with Gasteiger partial charge in [-0.3, -0.25) is 4.79 Å². The van der Waals surface area contributed by atoms with Gasteiger partial charge in [0, 0.05) is 24.3 Å². The van der Waals surface area contributed by atoms with Crippen LogP contribution in [-0.4, -0.2) is 40.5 Å². The van der Waals surface area contributed by atoms with Crippen molar-refractivity contribution < 1.29 is 13.2 Å². The average Bonchev–Trinajstić information content (AvgIpc) is 3.16. The fourth-order valence-electron chi connectivity index (χ4n) is 3.35. The molecule has 2 heterocycles. The largest absolute Gasteiger partial charge is 0.322 e. The van der Waals surface area contributed by atoms with Gasteiger partial charge in [0.2, 0.25) is 10.0 Å². The van der Waals surface area contributed by atoms with Crippen molar-refractivity contribution in [3.05, 3.63) is 48.0 Å². The average molecular weight is 417 g/mol. The molecule has 0 saturated carbocycles. The predicted molar refractivity (Wildman–Crippen MR) is 109 cm³/mol. The highest BCUT2D eigenvalue weighted by atomic mass is 32.2. The molecule has 0 unspecified atom stereocenters. The molecule has 3 aromatic rings. The molecule has 4 rings (SSSR count). The summed E-state index contributed by atoms with van der Waals surface area (Å²) in [4.78, 5) is 12.7. The van der Waals surface area contributed by atoms with Crippen LogP contribution in [0.25, 0.3) is 11.0 Å². The number of anilines is 1. The highest BCUT2D eigenvalue weighted by Crippen LogP contribution is 2.24. The zero-order valence-corrected chi connectivity index (χ0v) is 17.0. The number of carbonyl (C=O) groups is 1. The van der Waals surface area contributed by atoms with Gasteiger partial charge in [0.1, 0.15) is 11.0 Å². The summed E-state index contributed by atoms with van der Waals surface area (Å²) in [5.41, 5.74) is 2.43. The summed E-state index contributed by atoms with van der Waals surface area (Å²) < 4.78 is 35.4. The molecule has 1 fully saturated rings. The SMILES string of the molecule is C[C@@H]1CCCN(S(=O)(=O)c2ccc(NC(=O)c3ccc4nsnc4c3)cc2)C1. The minimum absolute atomic E-state index is 0.245. The van der Waals surface area contributed by atoms with E-state index < -0.39 is 10.0 Å². The van der Waals surface area contributed by atoms with E-state index >= 15 is 0 Å². The number of amides is 1. The second kappa shape index (κ2) is 7.57. The Balaban J connectivity index is 1.49. The van der Waals surface area contributed by atoms with Crippen molar-refractivity contribution in [2.24, 2.45) is 5.92 Å². The van der Waals surface area contributed by atoms with Crippen LogP contribution in [0.3, 0.4) is 0 Å². The number of nitrogens with one attached hydrogen (secondary N) is 1. The van der Waals surface area contributed by atoms with Gasteiger partial charge in [0.15, 0.2) is 0 Å². The lowest BCUT2D eigenvalue weighted by Gasteiger charge is -2.30. The van der Waals surface area contributed by atoms with Crippen LogP contribution >= 0.6 is 11.7 Å². The van der Waals surface area contributed by atoms with E-state index in [9.17, 15) is 13.2 Å². The molecule has 0 aliphatic carbocycles. The van der Waals surface area contributed by atoms with Crippen LogP contribution in [0.5, 0.6) is 0 Å². The summed E-state index contributed by atoms with van der Waals surface area (Å²) >= 11 is 1.10. The topological polar surface area (TPSA) is 92.3 Å². The maximum absolute atomic E-state index is 12.8. The summed E-state index contributed by atoms with van der Waals surface area (Å²) in [6.45, 7) is 3.17. The van der Waals surface area contributed by atoms with E-state index in [0.29, 0.717) is 35.8 Å². The van der Waals surface area contributed by atoms with E-state index in [4.69, 9.17) is 0 Å². The molecule has 1 aliphatic rings. The lowest BCUT2D eigenvalue weighted by Crippen LogP contribution is -2.39. The molecule has 1 aromatic heterocycles. The molecule has 146 valence electrons. The van der Waals surface area contributed by atoms with Crippen LogP contribution in [0.2, 0.25) is 0 Å². The normalized spacial score (nSPS) is 18.2. The van der Waals surface area contributed by atoms with Gasteiger partial charge in [-0.2, -0.15) is 13.1 Å². The number of hydrogen-bond acceptors (Lipinski definition) is 6. The zero-order chi connectivity index (χ0) is 19.7. The van der Waals surface area contributed by atoms with Gasteiger partial charge in [0.25, 0.3) is 5.91 Å². The van der Waals surface area contributed by atoms with E-state index in [1.807, 2.05) is 0 Å². The third-order valence-electron chi connectivity index (χ3n) is 4.89. The monoisotopic (exact) mass is 416 g/mol. The first-order valence-electron chi connectivity index (χ1n) is 9.07. The van der Waals surface area contributed by atoms with Crippen molar-refractivity contribution in [3.63, 3.8) is 0 Å². The minimum atomic E-state index is -3.50. The van der Waals surface area contributed by atoms with Crippen molar-refractivity contribution in [3.8, 4) is 0 Å². The van der Waals surface area contributed by atoms with Gasteiger partial charge in [-0.15, -0.1) is 0 Å². The Kier molecular flexibility index (Phi) is 5.13. The van der Waals surface area contributed by atoms with Gasteiger partial charge in [-0.05, 0) is 61.2 Å². The van der Waals surface area contributed by atoms with Crippen molar-refractivity contribution in [1.29, 1.82) is 0 Å². The Hall–Kier alpha value is -2.36. The van der Waals surface area contributed by atoms with Gasteiger partial charge in [-0.1, -0.05) is 6.92 Å². The van der Waals surface area contributed by atoms with Crippen LogP contribution in [-0.2, 0) is 10.0 Å². The molecule has 0 radical (unpaired) electrons. The molecule has 9 heteroatoms. The lowest BCUT2D eigenvalue weighted by atomic mass is 10.0. The number of benzene rings is 2. The number of aromatic nitrogens is 2. The fraction of sp³-hybridized carbons (Fsp3) is 0.316. The van der Waals surface area contributed by atoms with E-state index in [1.165, 1.54) is 12.1 Å². The fourth-order valence-corrected chi connectivity index (χ4v) is 5.47. The number of fused-ring (bicyclic) bond motifs is 1. The highest BCUT2D eigenvalue weighted by Gasteiger charge is 2.28. The highest BCUT2D eigenvalue weighted by molar-refractivity contribution is 7.89. The van der Waals surface area contributed by atoms with Crippen molar-refractivity contribution >= 4 is 44.4 Å². The second-order valence-corrected chi connectivity index (χ2v) is 9.52. The van der Waals surface area contributed by atoms with Gasteiger partial charge in [0.05, 0.1) is 16.6 Å². The number of nitrogens with zero attached hydrogens (tertiary/aromatic N) is 3. The Morgan fingerprint density at radius 3 is 2.64 bits per heavy atom. The summed E-state index contributed by atoms with van der Waals surface area (Å²) in [5, 5.41) is 2.79. The molecule has 1 atom stereocenters. The first kappa shape index (κ1) is 19.0. The van der Waals surface area contributed by atoms with Crippen LogP contribution in [0.4, 0.5) is 5.69 Å². The van der Waals surface area contributed by atoms with Gasteiger partial charge >= 0.3 is 0 Å². The van der Waals surface area contributed by atoms with Crippen LogP contribution in [0.1, 0.15) is 30.1 Å². The van der Waals surface area contributed by atoms with Crippen molar-refractivity contribution in [2.75, 3.05) is 18.4 Å². The smallest absolute Gasteiger partial charge is 0.255 e. The number of piperidine rings is 1. The molecule has 7 nitrogen and oxygen atoms in total. The van der Waals surface area contributed by atoms with Crippen molar-refractivity contribution in [2.45, 2.75) is 24.7 Å². The maximum atomic E-state index is 12.8. The Morgan fingerprint density at radius 2 is 1.89 bits per heavy atom. The minimum Gasteiger partial charge on any atom is -0.322 e. The van der Waals surface area contributed by atoms with Crippen molar-refractivity contribution in [1.82, 2.24) is 13.1 Å². The van der Waals surface area contributed by atoms with E-state index in [2.05, 4.69) is 21.0 Å². The Bertz CT molecular complexity index is 1110. The Labute approximate surface area is 167 Å². The molecule has 1 amide bonds. The maximum Gasteiger partial charge on any atom is 0.255 e. The number of hydrogen-bond donors (Lipinski definition) is 1. The predicted octanol–water partition coefficient (Wildman–Crippen LogP) is 3.36. The Morgan fingerprint density at radius 1 is 1.14 bits per heavy atom. The summed E-state index contributed by atoms with van der Waals surface area (Å²) in [6.07, 6.45) is 1.94. The molecule has 1 aliphatic heterocycles. The van der Waals surface area contributed by atoms with Crippen LogP contribution < -0.4 is 5.32 Å². The first-order valence-corrected chi connectivity index (χ1v) is 11.2. The van der Waals surface area contributed by atoms with E-state index in [0.717, 1.165) is 30.1 Å². The second-order valence-electron chi connectivity index (χ2n) is 7.06. The molecular formula is C19H20N4O3S2. The summed E-state index contributed by atoms with van der Waals surface area (Å²) in [7, 11) is -3.50. The lowest BCUT2D eigenvalue weighted by molar-refractivity contribution is 0.102. The quantitative estimate of drug-likeness (QED) is 0.704. The summed E-state index contributed by atoms with van der Waals surface area (Å²) in [5.74, 6) is 0.0858. The van der Waals surface area contributed by atoms with Gasteiger partial charge < -0.3 is 5.32 Å². The van der Waals surface area contributed by atoms with E-state index in [-0.39, 0.29) is 10.8 Å². The molecule has 0 bridgehead atoms. The van der Waals surface area contributed by atoms with Crippen LogP contribution in [0, 0.1) is 5.92 Å². The number of rotatable bonds is 4. The number of sulfonamides is 1. The van der Waals surface area contributed by atoms with E-state index in [1.54, 1.807) is 34.6 Å².